The summed E-state index contributed by atoms with van der Waals surface area (Å²) in [5, 5.41) is 3.21. The van der Waals surface area contributed by atoms with E-state index < -0.39 is 0 Å². The van der Waals surface area contributed by atoms with Gasteiger partial charge in [-0.3, -0.25) is 0 Å². The van der Waals surface area contributed by atoms with Crippen molar-refractivity contribution in [2.75, 3.05) is 21.3 Å². The number of ether oxygens (including phenoxy) is 2. The summed E-state index contributed by atoms with van der Waals surface area (Å²) in [6, 6.07) is 12.3. The summed E-state index contributed by atoms with van der Waals surface area (Å²) < 4.78 is 10.8. The van der Waals surface area contributed by atoms with Gasteiger partial charge in [-0.25, -0.2) is 0 Å². The van der Waals surface area contributed by atoms with E-state index in [1.54, 1.807) is 14.2 Å². The largest absolute Gasteiger partial charge is 0.497 e. The molecular weight excluding hydrogens is 250 g/mol. The van der Waals surface area contributed by atoms with Crippen LogP contribution in [0.2, 0.25) is 0 Å². The molecule has 0 aromatic heterocycles. The number of hydrogen-bond acceptors (Lipinski definition) is 3. The third-order valence-electron chi connectivity index (χ3n) is 3.33. The second kappa shape index (κ2) is 6.44. The third kappa shape index (κ3) is 2.94. The fraction of sp³-hybridized carbons (Fsp3) is 0.294. The van der Waals surface area contributed by atoms with Crippen molar-refractivity contribution in [3.8, 4) is 22.6 Å². The van der Waals surface area contributed by atoms with E-state index in [0.717, 1.165) is 23.6 Å². The Kier molecular flexibility index (Phi) is 4.64. The number of hydrogen-bond donors (Lipinski definition) is 1. The van der Waals surface area contributed by atoms with Gasteiger partial charge in [-0.1, -0.05) is 23.8 Å². The van der Waals surface area contributed by atoms with Crippen LogP contribution in [0, 0.1) is 6.92 Å². The maximum absolute atomic E-state index is 5.50. The highest BCUT2D eigenvalue weighted by Crippen LogP contribution is 2.35. The molecule has 0 unspecified atom stereocenters. The van der Waals surface area contributed by atoms with Crippen LogP contribution in [-0.4, -0.2) is 21.3 Å². The second-order valence-electron chi connectivity index (χ2n) is 4.76. The van der Waals surface area contributed by atoms with Crippen molar-refractivity contribution in [3.63, 3.8) is 0 Å². The molecule has 0 radical (unpaired) electrons. The van der Waals surface area contributed by atoms with Gasteiger partial charge in [0.1, 0.15) is 11.5 Å². The van der Waals surface area contributed by atoms with Crippen molar-refractivity contribution in [1.82, 2.24) is 5.32 Å². The van der Waals surface area contributed by atoms with E-state index >= 15 is 0 Å². The first-order valence-corrected chi connectivity index (χ1v) is 6.66. The highest BCUT2D eigenvalue weighted by molar-refractivity contribution is 5.75. The van der Waals surface area contributed by atoms with Gasteiger partial charge in [0, 0.05) is 12.1 Å². The summed E-state index contributed by atoms with van der Waals surface area (Å²) >= 11 is 0. The first-order valence-electron chi connectivity index (χ1n) is 6.66. The fourth-order valence-electron chi connectivity index (χ4n) is 2.31. The first kappa shape index (κ1) is 14.4. The highest BCUT2D eigenvalue weighted by Gasteiger charge is 2.11. The van der Waals surface area contributed by atoms with Gasteiger partial charge in [-0.2, -0.15) is 0 Å². The molecule has 0 saturated heterocycles. The summed E-state index contributed by atoms with van der Waals surface area (Å²) in [4.78, 5) is 0. The van der Waals surface area contributed by atoms with Crippen LogP contribution in [0.25, 0.3) is 11.1 Å². The van der Waals surface area contributed by atoms with Gasteiger partial charge in [0.05, 0.1) is 14.2 Å². The van der Waals surface area contributed by atoms with E-state index in [2.05, 4.69) is 30.4 Å². The Hall–Kier alpha value is -2.00. The molecule has 2 rings (SSSR count). The van der Waals surface area contributed by atoms with E-state index in [0.29, 0.717) is 0 Å². The predicted octanol–water partition coefficient (Wildman–Crippen LogP) is 3.40. The lowest BCUT2D eigenvalue weighted by atomic mass is 9.96. The molecule has 106 valence electrons. The number of benzene rings is 2. The minimum atomic E-state index is 0.815. The SMILES string of the molecule is CNCc1ccc(C)cc1-c1cc(OC)ccc1OC. The molecule has 0 aliphatic rings. The maximum atomic E-state index is 5.50. The zero-order valence-electron chi connectivity index (χ0n) is 12.5. The Morgan fingerprint density at radius 2 is 1.75 bits per heavy atom. The van der Waals surface area contributed by atoms with Crippen LogP contribution in [0.5, 0.6) is 11.5 Å². The summed E-state index contributed by atoms with van der Waals surface area (Å²) in [7, 11) is 5.32. The normalized spacial score (nSPS) is 10.4. The van der Waals surface area contributed by atoms with Gasteiger partial charge in [-0.15, -0.1) is 0 Å². The lowest BCUT2D eigenvalue weighted by Gasteiger charge is -2.15. The minimum Gasteiger partial charge on any atom is -0.497 e. The highest BCUT2D eigenvalue weighted by atomic mass is 16.5. The van der Waals surface area contributed by atoms with Crippen molar-refractivity contribution in [2.24, 2.45) is 0 Å². The topological polar surface area (TPSA) is 30.5 Å². The number of methoxy groups -OCH3 is 2. The Morgan fingerprint density at radius 3 is 2.40 bits per heavy atom. The second-order valence-corrected chi connectivity index (χ2v) is 4.76. The number of rotatable bonds is 5. The summed E-state index contributed by atoms with van der Waals surface area (Å²) in [5.41, 5.74) is 4.70. The van der Waals surface area contributed by atoms with Gasteiger partial charge in [-0.05, 0) is 43.3 Å². The molecule has 0 saturated carbocycles. The van der Waals surface area contributed by atoms with Crippen molar-refractivity contribution in [2.45, 2.75) is 13.5 Å². The molecule has 20 heavy (non-hydrogen) atoms. The predicted molar refractivity (Wildman–Crippen MR) is 82.5 cm³/mol. The van der Waals surface area contributed by atoms with E-state index in [1.807, 2.05) is 25.2 Å². The molecule has 2 aromatic rings. The standard InChI is InChI=1S/C17H21NO2/c1-12-5-6-13(11-18-2)15(9-12)16-10-14(19-3)7-8-17(16)20-4/h5-10,18H,11H2,1-4H3. The zero-order valence-corrected chi connectivity index (χ0v) is 12.5. The molecule has 0 fully saturated rings. The Balaban J connectivity index is 2.62. The third-order valence-corrected chi connectivity index (χ3v) is 3.33. The average molecular weight is 271 g/mol. The maximum Gasteiger partial charge on any atom is 0.126 e. The lowest BCUT2D eigenvalue weighted by Crippen LogP contribution is -2.06. The first-order chi connectivity index (χ1) is 9.69. The van der Waals surface area contributed by atoms with Crippen molar-refractivity contribution in [1.29, 1.82) is 0 Å². The zero-order chi connectivity index (χ0) is 14.5. The molecular formula is C17H21NO2. The van der Waals surface area contributed by atoms with Crippen molar-refractivity contribution >= 4 is 0 Å². The lowest BCUT2D eigenvalue weighted by molar-refractivity contribution is 0.404. The van der Waals surface area contributed by atoms with Crippen molar-refractivity contribution < 1.29 is 9.47 Å². The summed E-state index contributed by atoms with van der Waals surface area (Å²) in [5.74, 6) is 1.69. The molecule has 1 N–H and O–H groups in total. The Labute approximate surface area is 120 Å². The van der Waals surface area contributed by atoms with Crippen LogP contribution >= 0.6 is 0 Å². The Morgan fingerprint density at radius 1 is 0.950 bits per heavy atom. The smallest absolute Gasteiger partial charge is 0.126 e. The van der Waals surface area contributed by atoms with E-state index in [9.17, 15) is 0 Å². The molecule has 0 spiro atoms. The van der Waals surface area contributed by atoms with Crippen LogP contribution in [0.3, 0.4) is 0 Å². The fourth-order valence-corrected chi connectivity index (χ4v) is 2.31. The number of aryl methyl sites for hydroxylation is 1. The molecule has 3 nitrogen and oxygen atoms in total. The molecule has 0 aliphatic heterocycles. The monoisotopic (exact) mass is 271 g/mol. The minimum absolute atomic E-state index is 0.815. The van der Waals surface area contributed by atoms with Gasteiger partial charge in [0.25, 0.3) is 0 Å². The van der Waals surface area contributed by atoms with Crippen LogP contribution in [0.4, 0.5) is 0 Å². The average Bonchev–Trinajstić information content (AvgIpc) is 2.48. The van der Waals surface area contributed by atoms with Gasteiger partial charge >= 0.3 is 0 Å². The van der Waals surface area contributed by atoms with Crippen LogP contribution in [-0.2, 0) is 6.54 Å². The molecule has 0 aliphatic carbocycles. The molecule has 0 bridgehead atoms. The molecule has 0 atom stereocenters. The number of nitrogens with one attached hydrogen (secondary N) is 1. The van der Waals surface area contributed by atoms with Crippen LogP contribution in [0.15, 0.2) is 36.4 Å². The summed E-state index contributed by atoms with van der Waals surface area (Å²) in [6.07, 6.45) is 0. The molecule has 0 amide bonds. The van der Waals surface area contributed by atoms with Gasteiger partial charge in [0.15, 0.2) is 0 Å². The van der Waals surface area contributed by atoms with Gasteiger partial charge < -0.3 is 14.8 Å². The molecule has 2 aromatic carbocycles. The van der Waals surface area contributed by atoms with E-state index in [4.69, 9.17) is 9.47 Å². The molecule has 3 heteroatoms. The van der Waals surface area contributed by atoms with Crippen LogP contribution in [0.1, 0.15) is 11.1 Å². The Bertz CT molecular complexity index is 594. The van der Waals surface area contributed by atoms with E-state index in [-0.39, 0.29) is 0 Å². The van der Waals surface area contributed by atoms with Crippen molar-refractivity contribution in [3.05, 3.63) is 47.5 Å². The summed E-state index contributed by atoms with van der Waals surface area (Å²) in [6.45, 7) is 2.91. The molecule has 0 heterocycles. The quantitative estimate of drug-likeness (QED) is 0.904. The van der Waals surface area contributed by atoms with E-state index in [1.165, 1.54) is 16.7 Å². The van der Waals surface area contributed by atoms with Gasteiger partial charge in [0.2, 0.25) is 0 Å². The van der Waals surface area contributed by atoms with Crippen LogP contribution < -0.4 is 14.8 Å².